The molecule has 1 aromatic rings. The van der Waals surface area contributed by atoms with Gasteiger partial charge >= 0.3 is 5.97 Å². The Morgan fingerprint density at radius 1 is 1.05 bits per heavy atom. The fourth-order valence-electron chi connectivity index (χ4n) is 2.25. The number of aliphatic carboxylic acids is 1. The molecule has 0 saturated heterocycles. The van der Waals surface area contributed by atoms with Gasteiger partial charge in [0.05, 0.1) is 6.42 Å². The van der Waals surface area contributed by atoms with E-state index in [1.54, 1.807) is 29.2 Å². The lowest BCUT2D eigenvalue weighted by Crippen LogP contribution is -2.35. The normalized spacial score (nSPS) is 13.7. The van der Waals surface area contributed by atoms with E-state index < -0.39 is 5.97 Å². The van der Waals surface area contributed by atoms with Gasteiger partial charge in [0.15, 0.2) is 5.78 Å². The Bertz CT molecular complexity index is 522. The number of carboxylic acids is 1. The van der Waals surface area contributed by atoms with Gasteiger partial charge in [-0.2, -0.15) is 0 Å². The van der Waals surface area contributed by atoms with Gasteiger partial charge < -0.3 is 10.0 Å². The fraction of sp³-hybridized carbons (Fsp3) is 0.438. The first-order valence-electron chi connectivity index (χ1n) is 7.17. The second kappa shape index (κ2) is 7.02. The minimum atomic E-state index is -0.909. The number of nitrogens with zero attached hydrogens (tertiary/aromatic N) is 1. The molecule has 112 valence electrons. The van der Waals surface area contributed by atoms with E-state index in [9.17, 15) is 14.4 Å². The molecular weight excluding hydrogens is 270 g/mol. The smallest absolute Gasteiger partial charge is 0.305 e. The van der Waals surface area contributed by atoms with Crippen molar-refractivity contribution in [3.05, 3.63) is 35.9 Å². The van der Waals surface area contributed by atoms with E-state index in [2.05, 4.69) is 0 Å². The van der Waals surface area contributed by atoms with Crippen LogP contribution in [-0.2, 0) is 9.59 Å². The summed E-state index contributed by atoms with van der Waals surface area (Å²) in [7, 11) is 0. The minimum absolute atomic E-state index is 0.0468. The first-order valence-corrected chi connectivity index (χ1v) is 7.17. The van der Waals surface area contributed by atoms with Gasteiger partial charge in [0.25, 0.3) is 0 Å². The van der Waals surface area contributed by atoms with Crippen LogP contribution >= 0.6 is 0 Å². The van der Waals surface area contributed by atoms with E-state index in [4.69, 9.17) is 5.11 Å². The number of hydrogen-bond acceptors (Lipinski definition) is 3. The maximum atomic E-state index is 12.2. The Kier molecular flexibility index (Phi) is 5.09. The summed E-state index contributed by atoms with van der Waals surface area (Å²) < 4.78 is 0. The highest BCUT2D eigenvalue weighted by Crippen LogP contribution is 2.27. The number of carbonyl (C=O) groups is 3. The summed E-state index contributed by atoms with van der Waals surface area (Å²) in [6, 6.07) is 9.05. The third-order valence-corrected chi connectivity index (χ3v) is 3.54. The average Bonchev–Trinajstić information content (AvgIpc) is 3.30. The maximum Gasteiger partial charge on any atom is 0.305 e. The zero-order chi connectivity index (χ0) is 15.2. The maximum absolute atomic E-state index is 12.2. The molecule has 1 aliphatic carbocycles. The summed E-state index contributed by atoms with van der Waals surface area (Å²) in [5, 5.41) is 8.72. The topological polar surface area (TPSA) is 74.7 Å². The number of carbonyl (C=O) groups excluding carboxylic acids is 2. The van der Waals surface area contributed by atoms with Crippen LogP contribution in [0.3, 0.4) is 0 Å². The van der Waals surface area contributed by atoms with Crippen LogP contribution in [-0.4, -0.2) is 40.3 Å². The summed E-state index contributed by atoms with van der Waals surface area (Å²) in [4.78, 5) is 36.4. The van der Waals surface area contributed by atoms with Gasteiger partial charge in [-0.1, -0.05) is 30.3 Å². The third kappa shape index (κ3) is 4.70. The van der Waals surface area contributed by atoms with Crippen molar-refractivity contribution in [3.8, 4) is 0 Å². The van der Waals surface area contributed by atoms with Crippen molar-refractivity contribution in [1.82, 2.24) is 4.90 Å². The first-order chi connectivity index (χ1) is 10.1. The fourth-order valence-corrected chi connectivity index (χ4v) is 2.25. The molecule has 1 aliphatic rings. The van der Waals surface area contributed by atoms with E-state index in [0.717, 1.165) is 12.8 Å². The van der Waals surface area contributed by atoms with E-state index in [0.29, 0.717) is 5.56 Å². The molecule has 2 rings (SSSR count). The molecule has 1 fully saturated rings. The Hall–Kier alpha value is -2.17. The van der Waals surface area contributed by atoms with Crippen LogP contribution in [0.25, 0.3) is 0 Å². The summed E-state index contributed by atoms with van der Waals surface area (Å²) in [6.07, 6.45) is 2.12. The van der Waals surface area contributed by atoms with Crippen molar-refractivity contribution < 1.29 is 19.5 Å². The van der Waals surface area contributed by atoms with Crippen LogP contribution in [0.1, 0.15) is 42.5 Å². The summed E-state index contributed by atoms with van der Waals surface area (Å²) in [5.41, 5.74) is 0.605. The van der Waals surface area contributed by atoms with Crippen LogP contribution in [0.5, 0.6) is 0 Å². The molecular formula is C16H19NO4. The number of Topliss-reactive ketones (excluding diaryl/α,β-unsaturated/α-hetero) is 1. The molecule has 5 nitrogen and oxygen atoms in total. The van der Waals surface area contributed by atoms with Crippen LogP contribution in [0.4, 0.5) is 0 Å². The monoisotopic (exact) mass is 289 g/mol. The molecule has 0 aliphatic heterocycles. The predicted molar refractivity (Wildman–Crippen MR) is 77.0 cm³/mol. The molecule has 0 aromatic heterocycles. The molecule has 21 heavy (non-hydrogen) atoms. The van der Waals surface area contributed by atoms with Gasteiger partial charge in [-0.05, 0) is 12.8 Å². The Morgan fingerprint density at radius 2 is 1.71 bits per heavy atom. The van der Waals surface area contributed by atoms with Crippen molar-refractivity contribution in [2.24, 2.45) is 0 Å². The Morgan fingerprint density at radius 3 is 2.29 bits per heavy atom. The summed E-state index contributed by atoms with van der Waals surface area (Å²) in [5.74, 6) is -1.09. The second-order valence-corrected chi connectivity index (χ2v) is 5.25. The molecule has 1 saturated carbocycles. The highest BCUT2D eigenvalue weighted by molar-refractivity contribution is 5.97. The lowest BCUT2D eigenvalue weighted by molar-refractivity contribution is -0.138. The molecule has 1 aromatic carbocycles. The molecule has 0 atom stereocenters. The molecule has 5 heteroatoms. The average molecular weight is 289 g/mol. The molecule has 0 radical (unpaired) electrons. The second-order valence-electron chi connectivity index (χ2n) is 5.25. The van der Waals surface area contributed by atoms with Gasteiger partial charge in [0.2, 0.25) is 5.91 Å². The first kappa shape index (κ1) is 15.2. The van der Waals surface area contributed by atoms with Crippen LogP contribution < -0.4 is 0 Å². The summed E-state index contributed by atoms with van der Waals surface area (Å²) >= 11 is 0. The molecule has 1 amide bonds. The Labute approximate surface area is 123 Å². The predicted octanol–water partition coefficient (Wildman–Crippen LogP) is 2.12. The number of benzene rings is 1. The van der Waals surface area contributed by atoms with Crippen LogP contribution in [0, 0.1) is 0 Å². The van der Waals surface area contributed by atoms with E-state index in [-0.39, 0.29) is 43.5 Å². The number of hydrogen-bond donors (Lipinski definition) is 1. The van der Waals surface area contributed by atoms with Crippen molar-refractivity contribution in [2.45, 2.75) is 38.1 Å². The third-order valence-electron chi connectivity index (χ3n) is 3.54. The lowest BCUT2D eigenvalue weighted by atomic mass is 10.1. The highest BCUT2D eigenvalue weighted by atomic mass is 16.4. The van der Waals surface area contributed by atoms with Crippen molar-refractivity contribution in [3.63, 3.8) is 0 Å². The van der Waals surface area contributed by atoms with Crippen LogP contribution in [0.2, 0.25) is 0 Å². The zero-order valence-electron chi connectivity index (χ0n) is 11.8. The van der Waals surface area contributed by atoms with Crippen molar-refractivity contribution in [1.29, 1.82) is 0 Å². The minimum Gasteiger partial charge on any atom is -0.481 e. The van der Waals surface area contributed by atoms with E-state index >= 15 is 0 Å². The Balaban J connectivity index is 1.84. The largest absolute Gasteiger partial charge is 0.481 e. The molecule has 0 unspecified atom stereocenters. The summed E-state index contributed by atoms with van der Waals surface area (Å²) in [6.45, 7) is 0.234. The van der Waals surface area contributed by atoms with Gasteiger partial charge in [-0.25, -0.2) is 0 Å². The van der Waals surface area contributed by atoms with Crippen molar-refractivity contribution in [2.75, 3.05) is 6.54 Å². The quantitative estimate of drug-likeness (QED) is 0.744. The number of amides is 1. The number of carboxylic acid groups (broad SMARTS) is 1. The zero-order valence-corrected chi connectivity index (χ0v) is 11.8. The molecule has 1 N–H and O–H groups in total. The molecule has 0 heterocycles. The van der Waals surface area contributed by atoms with E-state index in [1.165, 1.54) is 0 Å². The molecule has 0 bridgehead atoms. The van der Waals surface area contributed by atoms with E-state index in [1.807, 2.05) is 6.07 Å². The van der Waals surface area contributed by atoms with Crippen LogP contribution in [0.15, 0.2) is 30.3 Å². The number of rotatable bonds is 8. The van der Waals surface area contributed by atoms with Gasteiger partial charge in [-0.3, -0.25) is 14.4 Å². The SMILES string of the molecule is O=C(O)CCN(C(=O)CCC(=O)c1ccccc1)C1CC1. The van der Waals surface area contributed by atoms with Gasteiger partial charge in [0.1, 0.15) is 0 Å². The van der Waals surface area contributed by atoms with Gasteiger partial charge in [0, 0.05) is 31.0 Å². The lowest BCUT2D eigenvalue weighted by Gasteiger charge is -2.21. The van der Waals surface area contributed by atoms with Gasteiger partial charge in [-0.15, -0.1) is 0 Å². The highest BCUT2D eigenvalue weighted by Gasteiger charge is 2.32. The molecule has 0 spiro atoms. The standard InChI is InChI=1S/C16H19NO4/c18-14(12-4-2-1-3-5-12)8-9-15(19)17(13-6-7-13)11-10-16(20)21/h1-5,13H,6-11H2,(H,20,21). The number of ketones is 1. The van der Waals surface area contributed by atoms with Crippen molar-refractivity contribution >= 4 is 17.7 Å².